The average molecular weight is 343 g/mol. The van der Waals surface area contributed by atoms with Crippen molar-refractivity contribution < 1.29 is 9.59 Å². The third-order valence-corrected chi connectivity index (χ3v) is 3.80. The molecular weight excluding hydrogens is 318 g/mol. The summed E-state index contributed by atoms with van der Waals surface area (Å²) in [4.78, 5) is 30.6. The number of nitrogens with one attached hydrogen (secondary N) is 3. The van der Waals surface area contributed by atoms with E-state index in [4.69, 9.17) is 5.73 Å². The third-order valence-electron chi connectivity index (χ3n) is 3.80. The SMILES string of the molecule is Nc1ccccc1NC(=O)CCCCCC(=O)NCCc1c[nH]cn1. The summed E-state index contributed by atoms with van der Waals surface area (Å²) in [5.74, 6) is -0.0154. The minimum absolute atomic E-state index is 0.0389. The number of aromatic nitrogens is 2. The van der Waals surface area contributed by atoms with Gasteiger partial charge in [0.2, 0.25) is 11.8 Å². The minimum atomic E-state index is -0.0543. The van der Waals surface area contributed by atoms with E-state index in [1.54, 1.807) is 18.5 Å². The van der Waals surface area contributed by atoms with Crippen molar-refractivity contribution in [1.82, 2.24) is 15.3 Å². The number of para-hydroxylation sites is 2. The molecule has 2 rings (SSSR count). The van der Waals surface area contributed by atoms with Gasteiger partial charge >= 0.3 is 0 Å². The monoisotopic (exact) mass is 343 g/mol. The Hall–Kier alpha value is -2.83. The lowest BCUT2D eigenvalue weighted by Gasteiger charge is -2.07. The second-order valence-corrected chi connectivity index (χ2v) is 5.86. The maximum absolute atomic E-state index is 11.9. The van der Waals surface area contributed by atoms with Gasteiger partial charge < -0.3 is 21.4 Å². The van der Waals surface area contributed by atoms with E-state index in [1.807, 2.05) is 18.3 Å². The molecule has 0 fully saturated rings. The van der Waals surface area contributed by atoms with Gasteiger partial charge in [-0.05, 0) is 25.0 Å². The average Bonchev–Trinajstić information content (AvgIpc) is 3.10. The zero-order valence-electron chi connectivity index (χ0n) is 14.3. The number of rotatable bonds is 10. The van der Waals surface area contributed by atoms with E-state index in [9.17, 15) is 9.59 Å². The Balaban J connectivity index is 1.50. The highest BCUT2D eigenvalue weighted by Gasteiger charge is 2.05. The van der Waals surface area contributed by atoms with Crippen LogP contribution in [0, 0.1) is 0 Å². The van der Waals surface area contributed by atoms with Crippen molar-refractivity contribution in [3.63, 3.8) is 0 Å². The van der Waals surface area contributed by atoms with E-state index in [2.05, 4.69) is 20.6 Å². The second kappa shape index (κ2) is 10.1. The molecule has 0 bridgehead atoms. The first-order chi connectivity index (χ1) is 12.1. The molecule has 7 nitrogen and oxygen atoms in total. The van der Waals surface area contributed by atoms with E-state index in [1.165, 1.54) is 0 Å². The molecule has 0 saturated carbocycles. The lowest BCUT2D eigenvalue weighted by Crippen LogP contribution is -2.25. The highest BCUT2D eigenvalue weighted by Crippen LogP contribution is 2.17. The van der Waals surface area contributed by atoms with Gasteiger partial charge in [-0.2, -0.15) is 0 Å². The van der Waals surface area contributed by atoms with Gasteiger partial charge in [-0.25, -0.2) is 4.98 Å². The summed E-state index contributed by atoms with van der Waals surface area (Å²) in [6, 6.07) is 7.18. The fourth-order valence-electron chi connectivity index (χ4n) is 2.42. The summed E-state index contributed by atoms with van der Waals surface area (Å²) in [6.45, 7) is 0.588. The van der Waals surface area contributed by atoms with Gasteiger partial charge in [0.15, 0.2) is 0 Å². The number of imidazole rings is 1. The standard InChI is InChI=1S/C18H25N5O2/c19-15-6-4-5-7-16(15)23-18(25)9-3-1-2-8-17(24)21-11-10-14-12-20-13-22-14/h4-7,12-13H,1-3,8-11,19H2,(H,20,22)(H,21,24)(H,23,25). The lowest BCUT2D eigenvalue weighted by molar-refractivity contribution is -0.121. The Bertz CT molecular complexity index is 670. The molecular formula is C18H25N5O2. The Morgan fingerprint density at radius 3 is 2.56 bits per heavy atom. The third kappa shape index (κ3) is 7.07. The van der Waals surface area contributed by atoms with Gasteiger partial charge in [0.05, 0.1) is 23.4 Å². The number of H-pyrrole nitrogens is 1. The van der Waals surface area contributed by atoms with Crippen molar-refractivity contribution in [2.24, 2.45) is 0 Å². The topological polar surface area (TPSA) is 113 Å². The number of anilines is 2. The number of nitrogen functional groups attached to an aromatic ring is 1. The van der Waals surface area contributed by atoms with Crippen LogP contribution in [0.25, 0.3) is 0 Å². The number of nitrogens with zero attached hydrogens (tertiary/aromatic N) is 1. The van der Waals surface area contributed by atoms with Gasteiger partial charge in [0.25, 0.3) is 0 Å². The van der Waals surface area contributed by atoms with Crippen LogP contribution >= 0.6 is 0 Å². The van der Waals surface area contributed by atoms with E-state index in [0.29, 0.717) is 30.8 Å². The number of unbranched alkanes of at least 4 members (excludes halogenated alkanes) is 2. The molecule has 5 N–H and O–H groups in total. The highest BCUT2D eigenvalue weighted by atomic mass is 16.2. The maximum Gasteiger partial charge on any atom is 0.224 e. The highest BCUT2D eigenvalue weighted by molar-refractivity contribution is 5.93. The lowest BCUT2D eigenvalue weighted by atomic mass is 10.1. The van der Waals surface area contributed by atoms with Crippen LogP contribution in [0.1, 0.15) is 37.8 Å². The normalized spacial score (nSPS) is 10.4. The molecule has 2 amide bonds. The molecule has 0 aliphatic heterocycles. The number of benzene rings is 1. The van der Waals surface area contributed by atoms with Crippen LogP contribution in [0.3, 0.4) is 0 Å². The van der Waals surface area contributed by atoms with Crippen LogP contribution in [-0.2, 0) is 16.0 Å². The van der Waals surface area contributed by atoms with Crippen molar-refractivity contribution in [2.75, 3.05) is 17.6 Å². The maximum atomic E-state index is 11.9. The minimum Gasteiger partial charge on any atom is -0.397 e. The Morgan fingerprint density at radius 2 is 1.84 bits per heavy atom. The molecule has 25 heavy (non-hydrogen) atoms. The summed E-state index contributed by atoms with van der Waals surface area (Å²) in [5, 5.41) is 5.67. The number of hydrogen-bond acceptors (Lipinski definition) is 4. The van der Waals surface area contributed by atoms with Crippen LogP contribution in [-0.4, -0.2) is 28.3 Å². The number of nitrogens with two attached hydrogens (primary N) is 1. The quantitative estimate of drug-likeness (QED) is 0.391. The van der Waals surface area contributed by atoms with E-state index in [0.717, 1.165) is 31.4 Å². The first kappa shape index (κ1) is 18.5. The van der Waals surface area contributed by atoms with E-state index < -0.39 is 0 Å². The Kier molecular flexibility index (Phi) is 7.49. The molecule has 0 saturated heterocycles. The molecule has 0 aliphatic carbocycles. The molecule has 0 unspecified atom stereocenters. The molecule has 0 aliphatic rings. The fraction of sp³-hybridized carbons (Fsp3) is 0.389. The van der Waals surface area contributed by atoms with E-state index in [-0.39, 0.29) is 11.8 Å². The number of carbonyl (C=O) groups is 2. The molecule has 1 aromatic carbocycles. The van der Waals surface area contributed by atoms with Crippen molar-refractivity contribution in [2.45, 2.75) is 38.5 Å². The first-order valence-corrected chi connectivity index (χ1v) is 8.54. The summed E-state index contributed by atoms with van der Waals surface area (Å²) in [5.41, 5.74) is 7.92. The van der Waals surface area contributed by atoms with Crippen molar-refractivity contribution in [1.29, 1.82) is 0 Å². The van der Waals surface area contributed by atoms with E-state index >= 15 is 0 Å². The van der Waals surface area contributed by atoms with Crippen LogP contribution in [0.15, 0.2) is 36.8 Å². The van der Waals surface area contributed by atoms with Crippen molar-refractivity contribution >= 4 is 23.2 Å². The number of aromatic amines is 1. The Labute approximate surface area is 147 Å². The predicted molar refractivity (Wildman–Crippen MR) is 97.9 cm³/mol. The van der Waals surface area contributed by atoms with Crippen molar-refractivity contribution in [3.8, 4) is 0 Å². The largest absolute Gasteiger partial charge is 0.397 e. The summed E-state index contributed by atoms with van der Waals surface area (Å²) >= 11 is 0. The molecule has 1 heterocycles. The molecule has 1 aromatic heterocycles. The summed E-state index contributed by atoms with van der Waals surface area (Å²) in [7, 11) is 0. The van der Waals surface area contributed by atoms with Crippen molar-refractivity contribution in [3.05, 3.63) is 42.5 Å². The Morgan fingerprint density at radius 1 is 1.08 bits per heavy atom. The number of hydrogen-bond donors (Lipinski definition) is 4. The second-order valence-electron chi connectivity index (χ2n) is 5.86. The van der Waals surface area contributed by atoms with Gasteiger partial charge in [0, 0.05) is 32.0 Å². The molecule has 2 aromatic rings. The first-order valence-electron chi connectivity index (χ1n) is 8.54. The molecule has 0 atom stereocenters. The fourth-order valence-corrected chi connectivity index (χ4v) is 2.42. The van der Waals surface area contributed by atoms with Gasteiger partial charge in [-0.15, -0.1) is 0 Å². The zero-order chi connectivity index (χ0) is 17.9. The van der Waals surface area contributed by atoms with Gasteiger partial charge in [-0.3, -0.25) is 9.59 Å². The van der Waals surface area contributed by atoms with Crippen LogP contribution in [0.5, 0.6) is 0 Å². The molecule has 7 heteroatoms. The zero-order valence-corrected chi connectivity index (χ0v) is 14.3. The predicted octanol–water partition coefficient (Wildman–Crippen LogP) is 2.24. The number of amides is 2. The smallest absolute Gasteiger partial charge is 0.224 e. The molecule has 0 spiro atoms. The van der Waals surface area contributed by atoms with Gasteiger partial charge in [-0.1, -0.05) is 18.6 Å². The summed E-state index contributed by atoms with van der Waals surface area (Å²) in [6.07, 6.45) is 7.43. The molecule has 0 radical (unpaired) electrons. The van der Waals surface area contributed by atoms with Gasteiger partial charge in [0.1, 0.15) is 0 Å². The van der Waals surface area contributed by atoms with Crippen LogP contribution in [0.4, 0.5) is 11.4 Å². The summed E-state index contributed by atoms with van der Waals surface area (Å²) < 4.78 is 0. The van der Waals surface area contributed by atoms with Crippen LogP contribution in [0.2, 0.25) is 0 Å². The van der Waals surface area contributed by atoms with Crippen LogP contribution < -0.4 is 16.4 Å². The number of carbonyl (C=O) groups excluding carboxylic acids is 2. The molecule has 134 valence electrons.